The van der Waals surface area contributed by atoms with Crippen LogP contribution >= 0.6 is 11.6 Å². The smallest absolute Gasteiger partial charge is 0.193 e. The van der Waals surface area contributed by atoms with Crippen molar-refractivity contribution in [3.63, 3.8) is 0 Å². The van der Waals surface area contributed by atoms with Crippen LogP contribution in [0.3, 0.4) is 0 Å². The van der Waals surface area contributed by atoms with Gasteiger partial charge >= 0.3 is 0 Å². The van der Waals surface area contributed by atoms with Crippen LogP contribution in [-0.2, 0) is 0 Å². The third kappa shape index (κ3) is 3.20. The second kappa shape index (κ2) is 6.10. The van der Waals surface area contributed by atoms with Gasteiger partial charge in [0, 0.05) is 16.1 Å². The molecule has 2 aromatic carbocycles. The molecular formula is C17H17ClO2. The van der Waals surface area contributed by atoms with Crippen molar-refractivity contribution in [1.29, 1.82) is 0 Å². The third-order valence-electron chi connectivity index (χ3n) is 3.00. The molecule has 0 amide bonds. The van der Waals surface area contributed by atoms with E-state index >= 15 is 0 Å². The Hall–Kier alpha value is -1.80. The second-order valence-electron chi connectivity index (χ2n) is 4.93. The molecule has 0 N–H and O–H groups in total. The van der Waals surface area contributed by atoms with Gasteiger partial charge in [0.2, 0.25) is 0 Å². The van der Waals surface area contributed by atoms with Gasteiger partial charge in [-0.05, 0) is 56.7 Å². The second-order valence-corrected chi connectivity index (χ2v) is 5.34. The van der Waals surface area contributed by atoms with Crippen molar-refractivity contribution in [2.45, 2.75) is 26.9 Å². The van der Waals surface area contributed by atoms with Gasteiger partial charge in [-0.1, -0.05) is 23.7 Å². The highest BCUT2D eigenvalue weighted by atomic mass is 35.5. The summed E-state index contributed by atoms with van der Waals surface area (Å²) in [4.78, 5) is 12.5. The molecule has 0 saturated heterocycles. The van der Waals surface area contributed by atoms with E-state index in [0.29, 0.717) is 16.1 Å². The van der Waals surface area contributed by atoms with Crippen molar-refractivity contribution in [2.75, 3.05) is 0 Å². The Morgan fingerprint density at radius 3 is 2.35 bits per heavy atom. The maximum atomic E-state index is 12.5. The minimum absolute atomic E-state index is 0.0268. The summed E-state index contributed by atoms with van der Waals surface area (Å²) < 4.78 is 5.57. The Labute approximate surface area is 124 Å². The summed E-state index contributed by atoms with van der Waals surface area (Å²) in [6.45, 7) is 5.79. The molecule has 2 nitrogen and oxygen atoms in total. The molecule has 104 valence electrons. The predicted octanol–water partition coefficient (Wildman–Crippen LogP) is 4.67. The van der Waals surface area contributed by atoms with Crippen LogP contribution in [0.15, 0.2) is 42.5 Å². The average molecular weight is 289 g/mol. The highest BCUT2D eigenvalue weighted by molar-refractivity contribution is 6.32. The first-order valence-electron chi connectivity index (χ1n) is 6.55. The number of hydrogen-bond acceptors (Lipinski definition) is 2. The van der Waals surface area contributed by atoms with Gasteiger partial charge in [-0.2, -0.15) is 0 Å². The lowest BCUT2D eigenvalue weighted by Crippen LogP contribution is -2.07. The minimum Gasteiger partial charge on any atom is -0.491 e. The van der Waals surface area contributed by atoms with Crippen molar-refractivity contribution in [3.05, 3.63) is 64.2 Å². The van der Waals surface area contributed by atoms with Gasteiger partial charge in [0.15, 0.2) is 5.78 Å². The molecule has 0 bridgehead atoms. The third-order valence-corrected chi connectivity index (χ3v) is 3.41. The van der Waals surface area contributed by atoms with E-state index in [4.69, 9.17) is 16.3 Å². The van der Waals surface area contributed by atoms with Crippen LogP contribution in [0, 0.1) is 6.92 Å². The lowest BCUT2D eigenvalue weighted by molar-refractivity contribution is 0.103. The first-order chi connectivity index (χ1) is 9.49. The van der Waals surface area contributed by atoms with Crippen molar-refractivity contribution < 1.29 is 9.53 Å². The normalized spacial score (nSPS) is 10.7. The van der Waals surface area contributed by atoms with Crippen LogP contribution in [0.1, 0.15) is 35.3 Å². The maximum absolute atomic E-state index is 12.5. The van der Waals surface area contributed by atoms with Gasteiger partial charge in [0.1, 0.15) is 5.75 Å². The molecule has 0 heterocycles. The van der Waals surface area contributed by atoms with Crippen LogP contribution in [0.25, 0.3) is 0 Å². The molecule has 2 rings (SSSR count). The fraction of sp³-hybridized carbons (Fsp3) is 0.235. The summed E-state index contributed by atoms with van der Waals surface area (Å²) in [7, 11) is 0. The first-order valence-corrected chi connectivity index (χ1v) is 6.93. The molecule has 0 fully saturated rings. The van der Waals surface area contributed by atoms with E-state index in [1.807, 2.05) is 32.9 Å². The fourth-order valence-electron chi connectivity index (χ4n) is 1.97. The zero-order valence-corrected chi connectivity index (χ0v) is 12.6. The minimum atomic E-state index is -0.0268. The summed E-state index contributed by atoms with van der Waals surface area (Å²) >= 11 is 6.06. The van der Waals surface area contributed by atoms with Crippen molar-refractivity contribution in [2.24, 2.45) is 0 Å². The highest BCUT2D eigenvalue weighted by Gasteiger charge is 2.13. The monoisotopic (exact) mass is 288 g/mol. The van der Waals surface area contributed by atoms with Crippen molar-refractivity contribution in [1.82, 2.24) is 0 Å². The number of benzene rings is 2. The standard InChI is InChI=1S/C17H17ClO2/c1-11(2)20-14-9-7-13(8-10-14)17(19)15-5-4-6-16(18)12(15)3/h4-11H,1-3H3. The number of ketones is 1. The number of halogens is 1. The van der Waals surface area contributed by atoms with Crippen molar-refractivity contribution in [3.8, 4) is 5.75 Å². The van der Waals surface area contributed by atoms with Crippen LogP contribution in [-0.4, -0.2) is 11.9 Å². The van der Waals surface area contributed by atoms with Gasteiger partial charge in [-0.25, -0.2) is 0 Å². The summed E-state index contributed by atoms with van der Waals surface area (Å²) in [6, 6.07) is 12.6. The van der Waals surface area contributed by atoms with E-state index in [-0.39, 0.29) is 11.9 Å². The SMILES string of the molecule is Cc1c(Cl)cccc1C(=O)c1ccc(OC(C)C)cc1. The molecular weight excluding hydrogens is 272 g/mol. The Balaban J connectivity index is 2.27. The number of carbonyl (C=O) groups is 1. The molecule has 2 aromatic rings. The van der Waals surface area contributed by atoms with E-state index in [9.17, 15) is 4.79 Å². The zero-order chi connectivity index (χ0) is 14.7. The van der Waals surface area contributed by atoms with Gasteiger partial charge in [-0.3, -0.25) is 4.79 Å². The quantitative estimate of drug-likeness (QED) is 0.765. The summed E-state index contributed by atoms with van der Waals surface area (Å²) in [6.07, 6.45) is 0.117. The maximum Gasteiger partial charge on any atom is 0.193 e. The van der Waals surface area contributed by atoms with E-state index in [1.165, 1.54) is 0 Å². The molecule has 0 saturated carbocycles. The molecule has 0 unspecified atom stereocenters. The van der Waals surface area contributed by atoms with Gasteiger partial charge in [-0.15, -0.1) is 0 Å². The Kier molecular flexibility index (Phi) is 4.46. The molecule has 0 aliphatic carbocycles. The van der Waals surface area contributed by atoms with Crippen LogP contribution in [0.5, 0.6) is 5.75 Å². The van der Waals surface area contributed by atoms with E-state index < -0.39 is 0 Å². The Morgan fingerprint density at radius 1 is 1.10 bits per heavy atom. The Bertz CT molecular complexity index is 615. The number of carbonyl (C=O) groups excluding carboxylic acids is 1. The van der Waals surface area contributed by atoms with Crippen LogP contribution < -0.4 is 4.74 Å². The van der Waals surface area contributed by atoms with Gasteiger partial charge in [0.25, 0.3) is 0 Å². The van der Waals surface area contributed by atoms with E-state index in [0.717, 1.165) is 11.3 Å². The fourth-order valence-corrected chi connectivity index (χ4v) is 2.14. The number of ether oxygens (including phenoxy) is 1. The number of hydrogen-bond donors (Lipinski definition) is 0. The Morgan fingerprint density at radius 2 is 1.75 bits per heavy atom. The van der Waals surface area contributed by atoms with Crippen molar-refractivity contribution >= 4 is 17.4 Å². The molecule has 0 spiro atoms. The lowest BCUT2D eigenvalue weighted by Gasteiger charge is -2.10. The summed E-state index contributed by atoms with van der Waals surface area (Å²) in [5.41, 5.74) is 2.07. The predicted molar refractivity (Wildman–Crippen MR) is 81.8 cm³/mol. The van der Waals surface area contributed by atoms with Gasteiger partial charge < -0.3 is 4.74 Å². The van der Waals surface area contributed by atoms with E-state index in [2.05, 4.69) is 0 Å². The molecule has 0 aliphatic heterocycles. The molecule has 3 heteroatoms. The highest BCUT2D eigenvalue weighted by Crippen LogP contribution is 2.22. The molecule has 0 atom stereocenters. The molecule has 0 aliphatic rings. The largest absolute Gasteiger partial charge is 0.491 e. The summed E-state index contributed by atoms with van der Waals surface area (Å²) in [5.74, 6) is 0.737. The first kappa shape index (κ1) is 14.6. The van der Waals surface area contributed by atoms with E-state index in [1.54, 1.807) is 30.3 Å². The number of rotatable bonds is 4. The van der Waals surface area contributed by atoms with Gasteiger partial charge in [0.05, 0.1) is 6.10 Å². The molecule has 20 heavy (non-hydrogen) atoms. The van der Waals surface area contributed by atoms with Crippen LogP contribution in [0.4, 0.5) is 0 Å². The molecule has 0 radical (unpaired) electrons. The molecule has 0 aromatic heterocycles. The van der Waals surface area contributed by atoms with Crippen LogP contribution in [0.2, 0.25) is 5.02 Å². The zero-order valence-electron chi connectivity index (χ0n) is 11.8. The lowest BCUT2D eigenvalue weighted by atomic mass is 9.99. The average Bonchev–Trinajstić information content (AvgIpc) is 2.41. The topological polar surface area (TPSA) is 26.3 Å². The summed E-state index contributed by atoms with van der Waals surface area (Å²) in [5, 5.41) is 0.607.